The van der Waals surface area contributed by atoms with Crippen molar-refractivity contribution in [1.82, 2.24) is 4.90 Å². The quantitative estimate of drug-likeness (QED) is 0.297. The van der Waals surface area contributed by atoms with Crippen molar-refractivity contribution in [2.24, 2.45) is 11.8 Å². The number of hydrogen-bond acceptors (Lipinski definition) is 6. The Morgan fingerprint density at radius 2 is 1.71 bits per heavy atom. The molecule has 1 unspecified atom stereocenters. The van der Waals surface area contributed by atoms with Crippen LogP contribution in [0.25, 0.3) is 10.8 Å². The fourth-order valence-corrected chi connectivity index (χ4v) is 7.36. The molecule has 2 amide bonds. The number of aliphatic hydroxyl groups excluding tert-OH is 1. The minimum atomic E-state index is -1.30. The zero-order valence-corrected chi connectivity index (χ0v) is 24.2. The van der Waals surface area contributed by atoms with Crippen LogP contribution in [0, 0.1) is 11.8 Å². The number of cyclic esters (lactones) is 1. The lowest BCUT2D eigenvalue weighted by Crippen LogP contribution is -2.56. The molecule has 1 spiro atoms. The van der Waals surface area contributed by atoms with Gasteiger partial charge in [-0.2, -0.15) is 0 Å². The summed E-state index contributed by atoms with van der Waals surface area (Å²) in [6, 6.07) is 13.0. The SMILES string of the molecule is C[C@]12/C=C\CCCCOC(=O)[C@H]1[C@H]1C(=O)N(CCCCCCO)C3C(=O)N(c4ccc5ccccc5c4)CC=C[C@@]31O2. The highest BCUT2D eigenvalue weighted by molar-refractivity contribution is 6.06. The Kier molecular flexibility index (Phi) is 7.94. The number of carbonyl (C=O) groups is 3. The molecule has 1 N–H and O–H groups in total. The number of nitrogens with zero attached hydrogens (tertiary/aromatic N) is 2. The number of aliphatic hydroxyl groups is 1. The maximum atomic E-state index is 14.7. The average molecular weight is 573 g/mol. The third-order valence-electron chi connectivity index (χ3n) is 9.35. The molecule has 0 aliphatic carbocycles. The minimum absolute atomic E-state index is 0.129. The van der Waals surface area contributed by atoms with Crippen molar-refractivity contribution >= 4 is 34.2 Å². The number of benzene rings is 2. The van der Waals surface area contributed by atoms with Crippen LogP contribution in [0.1, 0.15) is 51.9 Å². The molecule has 2 fully saturated rings. The van der Waals surface area contributed by atoms with Crippen LogP contribution in [0.2, 0.25) is 0 Å². The van der Waals surface area contributed by atoms with Crippen LogP contribution in [-0.4, -0.2) is 71.3 Å². The molecule has 4 heterocycles. The van der Waals surface area contributed by atoms with Crippen LogP contribution >= 0.6 is 0 Å². The lowest BCUT2D eigenvalue weighted by molar-refractivity contribution is -0.158. The van der Waals surface area contributed by atoms with Crippen LogP contribution in [-0.2, 0) is 23.9 Å². The first-order chi connectivity index (χ1) is 20.4. The van der Waals surface area contributed by atoms with Crippen molar-refractivity contribution in [3.8, 4) is 0 Å². The largest absolute Gasteiger partial charge is 0.465 e. The van der Waals surface area contributed by atoms with Crippen molar-refractivity contribution in [1.29, 1.82) is 0 Å². The standard InChI is InChI=1S/C34H40N2O6/c1-33-17-8-2-5-11-22-41-32(40)28(33)27-30(38)36(19-9-3-4-10-21-37)29-31(39)35(20-12-18-34(27,29)42-33)26-16-15-24-13-6-7-14-25(24)23-26/h6-8,12-18,23,27-29,37H,2-5,9-11,19-22H2,1H3/b17-8-/t27-,28+,29?,33-,34-/m0/s1. The zero-order chi connectivity index (χ0) is 29.3. The number of likely N-dealkylation sites (tertiary alicyclic amines) is 1. The Morgan fingerprint density at radius 3 is 2.55 bits per heavy atom. The first kappa shape index (κ1) is 28.6. The molecular weight excluding hydrogens is 532 g/mol. The predicted octanol–water partition coefficient (Wildman–Crippen LogP) is 4.55. The van der Waals surface area contributed by atoms with Crippen LogP contribution in [0.5, 0.6) is 0 Å². The molecular formula is C34H40N2O6. The number of amides is 2. The van der Waals surface area contributed by atoms with Gasteiger partial charge in [-0.1, -0.05) is 67.5 Å². The summed E-state index contributed by atoms with van der Waals surface area (Å²) in [7, 11) is 0. The van der Waals surface area contributed by atoms with Crippen molar-refractivity contribution in [3.63, 3.8) is 0 Å². The minimum Gasteiger partial charge on any atom is -0.465 e. The van der Waals surface area contributed by atoms with Gasteiger partial charge in [0.1, 0.15) is 17.6 Å². The summed E-state index contributed by atoms with van der Waals surface area (Å²) in [6.07, 6.45) is 13.2. The fourth-order valence-electron chi connectivity index (χ4n) is 7.36. The number of hydrogen-bond donors (Lipinski definition) is 1. The van der Waals surface area contributed by atoms with E-state index in [4.69, 9.17) is 9.47 Å². The number of ether oxygens (including phenoxy) is 2. The van der Waals surface area contributed by atoms with Gasteiger partial charge < -0.3 is 24.4 Å². The monoisotopic (exact) mass is 572 g/mol. The summed E-state index contributed by atoms with van der Waals surface area (Å²) in [6.45, 7) is 2.97. The summed E-state index contributed by atoms with van der Waals surface area (Å²) < 4.78 is 12.6. The summed E-state index contributed by atoms with van der Waals surface area (Å²) in [5.41, 5.74) is -1.65. The van der Waals surface area contributed by atoms with Crippen molar-refractivity contribution in [2.75, 3.05) is 31.2 Å². The third kappa shape index (κ3) is 4.84. The maximum absolute atomic E-state index is 14.7. The van der Waals surface area contributed by atoms with E-state index in [9.17, 15) is 19.5 Å². The first-order valence-electron chi connectivity index (χ1n) is 15.3. The van der Waals surface area contributed by atoms with Gasteiger partial charge in [-0.15, -0.1) is 0 Å². The van der Waals surface area contributed by atoms with E-state index < -0.39 is 35.0 Å². The Hall–Kier alpha value is -3.49. The molecule has 0 bridgehead atoms. The van der Waals surface area contributed by atoms with E-state index in [1.54, 1.807) is 9.80 Å². The van der Waals surface area contributed by atoms with E-state index in [0.717, 1.165) is 48.6 Å². The van der Waals surface area contributed by atoms with E-state index in [-0.39, 0.29) is 18.4 Å². The number of carbonyl (C=O) groups excluding carboxylic acids is 3. The van der Waals surface area contributed by atoms with Crippen molar-refractivity contribution < 1.29 is 29.0 Å². The van der Waals surface area contributed by atoms with E-state index >= 15 is 0 Å². The van der Waals surface area contributed by atoms with Crippen molar-refractivity contribution in [3.05, 3.63) is 66.8 Å². The number of allylic oxidation sites excluding steroid dienone is 1. The van der Waals surface area contributed by atoms with Gasteiger partial charge in [0.2, 0.25) is 5.91 Å². The third-order valence-corrected chi connectivity index (χ3v) is 9.35. The number of anilines is 1. The molecule has 222 valence electrons. The molecule has 4 aliphatic heterocycles. The highest BCUT2D eigenvalue weighted by atomic mass is 16.6. The van der Waals surface area contributed by atoms with Gasteiger partial charge >= 0.3 is 5.97 Å². The Morgan fingerprint density at radius 1 is 0.905 bits per heavy atom. The number of rotatable bonds is 7. The molecule has 5 atom stereocenters. The fraction of sp³-hybridized carbons (Fsp3) is 0.500. The smallest absolute Gasteiger partial charge is 0.313 e. The maximum Gasteiger partial charge on any atom is 0.313 e. The summed E-state index contributed by atoms with van der Waals surface area (Å²) >= 11 is 0. The Bertz CT molecular complexity index is 1420. The molecule has 42 heavy (non-hydrogen) atoms. The molecule has 0 aromatic heterocycles. The van der Waals surface area contributed by atoms with Gasteiger partial charge in [-0.25, -0.2) is 0 Å². The van der Waals surface area contributed by atoms with Gasteiger partial charge in [0, 0.05) is 25.4 Å². The second-order valence-corrected chi connectivity index (χ2v) is 12.1. The van der Waals surface area contributed by atoms with Crippen LogP contribution in [0.4, 0.5) is 5.69 Å². The van der Waals surface area contributed by atoms with Gasteiger partial charge in [-0.05, 0) is 61.9 Å². The number of fused-ring (bicyclic) bond motifs is 3. The van der Waals surface area contributed by atoms with Gasteiger partial charge in [0.25, 0.3) is 5.91 Å². The molecule has 2 saturated heterocycles. The number of esters is 1. The molecule has 8 heteroatoms. The van der Waals surface area contributed by atoms with Crippen LogP contribution in [0.3, 0.4) is 0 Å². The highest BCUT2D eigenvalue weighted by Gasteiger charge is 2.74. The van der Waals surface area contributed by atoms with Crippen molar-refractivity contribution in [2.45, 2.75) is 69.1 Å². The van der Waals surface area contributed by atoms with Crippen LogP contribution in [0.15, 0.2) is 66.8 Å². The second kappa shape index (κ2) is 11.7. The zero-order valence-electron chi connectivity index (χ0n) is 24.2. The Labute approximate surface area is 246 Å². The number of unbranched alkanes of at least 4 members (excludes halogenated alkanes) is 3. The van der Waals surface area contributed by atoms with Gasteiger partial charge in [0.05, 0.1) is 18.1 Å². The summed E-state index contributed by atoms with van der Waals surface area (Å²) in [5.74, 6) is -2.65. The topological polar surface area (TPSA) is 96.4 Å². The second-order valence-electron chi connectivity index (χ2n) is 12.1. The predicted molar refractivity (Wildman–Crippen MR) is 160 cm³/mol. The molecule has 2 aromatic rings. The first-order valence-corrected chi connectivity index (χ1v) is 15.3. The molecule has 2 aromatic carbocycles. The van der Waals surface area contributed by atoms with Gasteiger partial charge in [-0.3, -0.25) is 14.4 Å². The molecule has 8 nitrogen and oxygen atoms in total. The molecule has 4 aliphatic rings. The highest BCUT2D eigenvalue weighted by Crippen LogP contribution is 2.57. The summed E-state index contributed by atoms with van der Waals surface area (Å²) in [5, 5.41) is 11.3. The Balaban J connectivity index is 1.42. The lowest BCUT2D eigenvalue weighted by Gasteiger charge is -2.37. The summed E-state index contributed by atoms with van der Waals surface area (Å²) in [4.78, 5) is 46.1. The van der Waals surface area contributed by atoms with E-state index in [2.05, 4.69) is 0 Å². The lowest BCUT2D eigenvalue weighted by atomic mass is 9.74. The average Bonchev–Trinajstić information content (AvgIpc) is 3.31. The van der Waals surface area contributed by atoms with Gasteiger partial charge in [0.15, 0.2) is 0 Å². The van der Waals surface area contributed by atoms with E-state index in [1.165, 1.54) is 0 Å². The molecule has 0 radical (unpaired) electrons. The normalized spacial score (nSPS) is 31.9. The van der Waals surface area contributed by atoms with Crippen LogP contribution < -0.4 is 4.90 Å². The van der Waals surface area contributed by atoms with E-state index in [0.29, 0.717) is 32.5 Å². The van der Waals surface area contributed by atoms with E-state index in [1.807, 2.05) is 73.7 Å². The molecule has 6 rings (SSSR count). The molecule has 0 saturated carbocycles.